The SMILES string of the molecule is Cc1cc(OCCCC(=O)N2CCN(c3ncc(Cl)cc3Cl)CC2)ccc1Cl. The average molecular weight is 443 g/mol. The predicted molar refractivity (Wildman–Crippen MR) is 114 cm³/mol. The number of aromatic nitrogens is 1. The van der Waals surface area contributed by atoms with E-state index in [0.29, 0.717) is 61.5 Å². The number of halogens is 3. The Bertz CT molecular complexity index is 839. The Labute approximate surface area is 180 Å². The van der Waals surface area contributed by atoms with Crippen LogP contribution in [0.15, 0.2) is 30.5 Å². The summed E-state index contributed by atoms with van der Waals surface area (Å²) in [5.41, 5.74) is 0.975. The Morgan fingerprint density at radius 1 is 1.11 bits per heavy atom. The number of carbonyl (C=O) groups is 1. The smallest absolute Gasteiger partial charge is 0.222 e. The quantitative estimate of drug-likeness (QED) is 0.600. The van der Waals surface area contributed by atoms with Gasteiger partial charge < -0.3 is 14.5 Å². The molecule has 150 valence electrons. The first kappa shape index (κ1) is 21.0. The number of amides is 1. The fourth-order valence-electron chi connectivity index (χ4n) is 3.09. The van der Waals surface area contributed by atoms with Crippen LogP contribution < -0.4 is 9.64 Å². The number of hydrogen-bond acceptors (Lipinski definition) is 4. The number of benzene rings is 1. The zero-order valence-electron chi connectivity index (χ0n) is 15.6. The molecule has 1 aromatic heterocycles. The summed E-state index contributed by atoms with van der Waals surface area (Å²) < 4.78 is 5.71. The average Bonchev–Trinajstić information content (AvgIpc) is 2.68. The molecule has 2 heterocycles. The summed E-state index contributed by atoms with van der Waals surface area (Å²) in [7, 11) is 0. The third kappa shape index (κ3) is 5.43. The molecule has 8 heteroatoms. The molecule has 0 N–H and O–H groups in total. The third-order valence-corrected chi connectivity index (χ3v) is 5.56. The molecule has 1 aromatic carbocycles. The number of rotatable bonds is 6. The van der Waals surface area contributed by atoms with E-state index < -0.39 is 0 Å². The molecule has 1 fully saturated rings. The molecule has 3 rings (SSSR count). The topological polar surface area (TPSA) is 45.7 Å². The van der Waals surface area contributed by atoms with Crippen molar-refractivity contribution in [3.05, 3.63) is 51.1 Å². The molecule has 5 nitrogen and oxygen atoms in total. The maximum Gasteiger partial charge on any atom is 0.222 e. The molecule has 0 atom stereocenters. The Balaban J connectivity index is 1.40. The first-order valence-corrected chi connectivity index (χ1v) is 10.3. The van der Waals surface area contributed by atoms with E-state index >= 15 is 0 Å². The highest BCUT2D eigenvalue weighted by Gasteiger charge is 2.23. The number of hydrogen-bond donors (Lipinski definition) is 0. The van der Waals surface area contributed by atoms with E-state index in [1.54, 1.807) is 12.3 Å². The minimum absolute atomic E-state index is 0.144. The Kier molecular flexibility index (Phi) is 7.27. The second-order valence-corrected chi connectivity index (χ2v) is 7.94. The van der Waals surface area contributed by atoms with Gasteiger partial charge in [-0.2, -0.15) is 0 Å². The van der Waals surface area contributed by atoms with Crippen LogP contribution in [-0.2, 0) is 4.79 Å². The number of piperazine rings is 1. The van der Waals surface area contributed by atoms with E-state index in [1.807, 2.05) is 30.0 Å². The zero-order valence-corrected chi connectivity index (χ0v) is 17.9. The number of aryl methyl sites for hydroxylation is 1. The van der Waals surface area contributed by atoms with Gasteiger partial charge in [0.2, 0.25) is 5.91 Å². The molecule has 1 saturated heterocycles. The van der Waals surface area contributed by atoms with E-state index in [4.69, 9.17) is 39.5 Å². The second kappa shape index (κ2) is 9.68. The fraction of sp³-hybridized carbons (Fsp3) is 0.400. The van der Waals surface area contributed by atoms with Crippen molar-refractivity contribution in [1.29, 1.82) is 0 Å². The predicted octanol–water partition coefficient (Wildman–Crippen LogP) is 4.86. The molecule has 0 spiro atoms. The van der Waals surface area contributed by atoms with Crippen molar-refractivity contribution in [2.24, 2.45) is 0 Å². The van der Waals surface area contributed by atoms with E-state index in [9.17, 15) is 4.79 Å². The zero-order chi connectivity index (χ0) is 20.1. The van der Waals surface area contributed by atoms with Crippen LogP contribution in [-0.4, -0.2) is 48.6 Å². The lowest BCUT2D eigenvalue weighted by Gasteiger charge is -2.35. The summed E-state index contributed by atoms with van der Waals surface area (Å²) >= 11 is 18.1. The van der Waals surface area contributed by atoms with Gasteiger partial charge in [-0.25, -0.2) is 4.98 Å². The number of ether oxygens (including phenoxy) is 1. The lowest BCUT2D eigenvalue weighted by Crippen LogP contribution is -2.49. The van der Waals surface area contributed by atoms with Crippen LogP contribution in [0.1, 0.15) is 18.4 Å². The summed E-state index contributed by atoms with van der Waals surface area (Å²) in [5, 5.41) is 1.76. The molecule has 0 unspecified atom stereocenters. The second-order valence-electron chi connectivity index (χ2n) is 6.69. The summed E-state index contributed by atoms with van der Waals surface area (Å²) in [6, 6.07) is 7.25. The highest BCUT2D eigenvalue weighted by atomic mass is 35.5. The van der Waals surface area contributed by atoms with Crippen LogP contribution >= 0.6 is 34.8 Å². The van der Waals surface area contributed by atoms with Crippen LogP contribution in [0.5, 0.6) is 5.75 Å². The van der Waals surface area contributed by atoms with Crippen LogP contribution in [0.4, 0.5) is 5.82 Å². The molecule has 1 aliphatic heterocycles. The van der Waals surface area contributed by atoms with Crippen LogP contribution in [0.2, 0.25) is 15.1 Å². The van der Waals surface area contributed by atoms with Crippen LogP contribution in [0.3, 0.4) is 0 Å². The van der Waals surface area contributed by atoms with Gasteiger partial charge in [0.05, 0.1) is 16.7 Å². The molecule has 2 aromatic rings. The molecule has 1 amide bonds. The minimum Gasteiger partial charge on any atom is -0.494 e. The first-order chi connectivity index (χ1) is 13.4. The minimum atomic E-state index is 0.144. The summed E-state index contributed by atoms with van der Waals surface area (Å²) in [6.45, 7) is 5.12. The fourth-order valence-corrected chi connectivity index (χ4v) is 3.70. The van der Waals surface area contributed by atoms with Crippen molar-refractivity contribution in [3.8, 4) is 5.75 Å². The van der Waals surface area contributed by atoms with Gasteiger partial charge in [-0.15, -0.1) is 0 Å². The lowest BCUT2D eigenvalue weighted by atomic mass is 10.2. The van der Waals surface area contributed by atoms with Gasteiger partial charge in [0.15, 0.2) is 0 Å². The van der Waals surface area contributed by atoms with E-state index in [2.05, 4.69) is 9.88 Å². The molecule has 0 saturated carbocycles. The van der Waals surface area contributed by atoms with Crippen molar-refractivity contribution in [2.45, 2.75) is 19.8 Å². The Hall–Kier alpha value is -1.69. The van der Waals surface area contributed by atoms with Gasteiger partial charge >= 0.3 is 0 Å². The number of carbonyl (C=O) groups excluding carboxylic acids is 1. The number of anilines is 1. The van der Waals surface area contributed by atoms with Crippen LogP contribution in [0, 0.1) is 6.92 Å². The molecule has 1 aliphatic rings. The summed E-state index contributed by atoms with van der Waals surface area (Å²) in [6.07, 6.45) is 2.72. The monoisotopic (exact) mass is 441 g/mol. The van der Waals surface area contributed by atoms with Gasteiger partial charge in [0.25, 0.3) is 0 Å². The highest BCUT2D eigenvalue weighted by Crippen LogP contribution is 2.27. The normalized spacial score (nSPS) is 14.3. The van der Waals surface area contributed by atoms with Gasteiger partial charge in [-0.1, -0.05) is 34.8 Å². The molecule has 0 radical (unpaired) electrons. The molecular weight excluding hydrogens is 421 g/mol. The maximum atomic E-state index is 12.4. The van der Waals surface area contributed by atoms with Crippen molar-refractivity contribution in [2.75, 3.05) is 37.7 Å². The molecule has 0 bridgehead atoms. The lowest BCUT2D eigenvalue weighted by molar-refractivity contribution is -0.131. The van der Waals surface area contributed by atoms with Crippen LogP contribution in [0.25, 0.3) is 0 Å². The first-order valence-electron chi connectivity index (χ1n) is 9.17. The number of pyridine rings is 1. The third-order valence-electron chi connectivity index (χ3n) is 4.65. The van der Waals surface area contributed by atoms with Crippen molar-refractivity contribution in [1.82, 2.24) is 9.88 Å². The van der Waals surface area contributed by atoms with E-state index in [-0.39, 0.29) is 5.91 Å². The maximum absolute atomic E-state index is 12.4. The van der Waals surface area contributed by atoms with Crippen molar-refractivity contribution in [3.63, 3.8) is 0 Å². The number of nitrogens with zero attached hydrogens (tertiary/aromatic N) is 3. The largest absolute Gasteiger partial charge is 0.494 e. The van der Waals surface area contributed by atoms with Crippen molar-refractivity contribution >= 4 is 46.5 Å². The summed E-state index contributed by atoms with van der Waals surface area (Å²) in [4.78, 5) is 20.7. The standard InChI is InChI=1S/C20H22Cl3N3O2/c1-14-11-16(4-5-17(14)22)28-10-2-3-19(27)25-6-8-26(9-7-25)20-18(23)12-15(21)13-24-20/h4-5,11-13H,2-3,6-10H2,1H3. The Morgan fingerprint density at radius 3 is 2.54 bits per heavy atom. The summed E-state index contributed by atoms with van der Waals surface area (Å²) in [5.74, 6) is 1.63. The van der Waals surface area contributed by atoms with Gasteiger partial charge in [-0.05, 0) is 43.2 Å². The van der Waals surface area contributed by atoms with Crippen molar-refractivity contribution < 1.29 is 9.53 Å². The molecule has 28 heavy (non-hydrogen) atoms. The highest BCUT2D eigenvalue weighted by molar-refractivity contribution is 6.36. The molecule has 0 aliphatic carbocycles. The van der Waals surface area contributed by atoms with E-state index in [0.717, 1.165) is 16.3 Å². The van der Waals surface area contributed by atoms with E-state index in [1.165, 1.54) is 0 Å². The Morgan fingerprint density at radius 2 is 1.86 bits per heavy atom. The van der Waals surface area contributed by atoms with Gasteiger partial charge in [0.1, 0.15) is 11.6 Å². The molecular formula is C20H22Cl3N3O2. The van der Waals surface area contributed by atoms with Gasteiger partial charge in [-0.3, -0.25) is 4.79 Å². The van der Waals surface area contributed by atoms with Gasteiger partial charge in [0, 0.05) is 43.8 Å².